The third kappa shape index (κ3) is 4.35. The molecule has 5 nitrogen and oxygen atoms in total. The van der Waals surface area contributed by atoms with Crippen molar-refractivity contribution in [1.82, 2.24) is 5.32 Å². The Kier molecular flexibility index (Phi) is 8.37. The number of nitrogens with zero attached hydrogens (tertiary/aromatic N) is 1. The normalized spacial score (nSPS) is 13.3. The van der Waals surface area contributed by atoms with Gasteiger partial charge in [0.2, 0.25) is 5.91 Å². The zero-order valence-electron chi connectivity index (χ0n) is 14.3. The Morgan fingerprint density at radius 2 is 1.48 bits per heavy atom. The number of carbonyl (C=O) groups excluding carboxylic acids is 1. The SMILES string of the molecule is CCCC(CCC)(C(=O)NC(CC)(CC)CC)C(N)=NO. The van der Waals surface area contributed by atoms with Crippen LogP contribution in [0.5, 0.6) is 0 Å². The van der Waals surface area contributed by atoms with Gasteiger partial charge in [0.25, 0.3) is 0 Å². The minimum Gasteiger partial charge on any atom is -0.409 e. The van der Waals surface area contributed by atoms with Gasteiger partial charge in [0.05, 0.1) is 0 Å². The molecule has 1 amide bonds. The maximum atomic E-state index is 13.0. The third-order valence-electron chi connectivity index (χ3n) is 4.80. The number of nitrogens with two attached hydrogens (primary N) is 1. The molecule has 0 radical (unpaired) electrons. The van der Waals surface area contributed by atoms with Gasteiger partial charge < -0.3 is 16.3 Å². The number of hydrogen-bond acceptors (Lipinski definition) is 3. The van der Waals surface area contributed by atoms with Crippen molar-refractivity contribution in [3.63, 3.8) is 0 Å². The van der Waals surface area contributed by atoms with Gasteiger partial charge in [-0.1, -0.05) is 52.6 Å². The first-order valence-corrected chi connectivity index (χ1v) is 8.22. The Morgan fingerprint density at radius 3 is 1.76 bits per heavy atom. The van der Waals surface area contributed by atoms with Crippen molar-refractivity contribution >= 4 is 11.7 Å². The van der Waals surface area contributed by atoms with Crippen molar-refractivity contribution in [3.8, 4) is 0 Å². The van der Waals surface area contributed by atoms with Crippen LogP contribution >= 0.6 is 0 Å². The summed E-state index contributed by atoms with van der Waals surface area (Å²) in [4.78, 5) is 13.0. The van der Waals surface area contributed by atoms with Crippen LogP contribution in [-0.2, 0) is 4.79 Å². The first-order chi connectivity index (χ1) is 9.91. The molecule has 0 atom stereocenters. The van der Waals surface area contributed by atoms with Crippen LogP contribution in [0, 0.1) is 5.41 Å². The van der Waals surface area contributed by atoms with E-state index in [1.165, 1.54) is 0 Å². The van der Waals surface area contributed by atoms with Crippen LogP contribution in [0.3, 0.4) is 0 Å². The second-order valence-electron chi connectivity index (χ2n) is 5.86. The van der Waals surface area contributed by atoms with Gasteiger partial charge >= 0.3 is 0 Å². The molecule has 21 heavy (non-hydrogen) atoms. The minimum atomic E-state index is -0.900. The fourth-order valence-electron chi connectivity index (χ4n) is 3.05. The number of amidine groups is 1. The predicted octanol–water partition coefficient (Wildman–Crippen LogP) is 3.40. The molecule has 124 valence electrons. The molecule has 0 fully saturated rings. The van der Waals surface area contributed by atoms with E-state index in [2.05, 4.69) is 31.2 Å². The van der Waals surface area contributed by atoms with Gasteiger partial charge in [-0.25, -0.2) is 0 Å². The average Bonchev–Trinajstić information content (AvgIpc) is 2.51. The quantitative estimate of drug-likeness (QED) is 0.250. The van der Waals surface area contributed by atoms with E-state index in [1.807, 2.05) is 13.8 Å². The van der Waals surface area contributed by atoms with E-state index < -0.39 is 5.41 Å². The van der Waals surface area contributed by atoms with Gasteiger partial charge in [-0.2, -0.15) is 0 Å². The Morgan fingerprint density at radius 1 is 1.05 bits per heavy atom. The molecular formula is C16H33N3O2. The van der Waals surface area contributed by atoms with Crippen molar-refractivity contribution in [2.75, 3.05) is 0 Å². The maximum absolute atomic E-state index is 13.0. The maximum Gasteiger partial charge on any atom is 0.234 e. The van der Waals surface area contributed by atoms with Crippen molar-refractivity contribution in [2.24, 2.45) is 16.3 Å². The number of hydrogen-bond donors (Lipinski definition) is 3. The first kappa shape index (κ1) is 19.7. The largest absolute Gasteiger partial charge is 0.409 e. The molecule has 0 bridgehead atoms. The number of carbonyl (C=O) groups is 1. The number of amides is 1. The van der Waals surface area contributed by atoms with E-state index in [0.717, 1.165) is 32.1 Å². The smallest absolute Gasteiger partial charge is 0.234 e. The molecule has 0 saturated carbocycles. The highest BCUT2D eigenvalue weighted by Gasteiger charge is 2.43. The Labute approximate surface area is 129 Å². The van der Waals surface area contributed by atoms with E-state index in [0.29, 0.717) is 12.8 Å². The summed E-state index contributed by atoms with van der Waals surface area (Å²) in [5, 5.41) is 15.5. The van der Waals surface area contributed by atoms with Crippen LogP contribution in [0.2, 0.25) is 0 Å². The molecule has 0 rings (SSSR count). The Bertz CT molecular complexity index is 335. The fourth-order valence-corrected chi connectivity index (χ4v) is 3.05. The lowest BCUT2D eigenvalue weighted by Gasteiger charge is -2.38. The zero-order valence-corrected chi connectivity index (χ0v) is 14.3. The summed E-state index contributed by atoms with van der Waals surface area (Å²) < 4.78 is 0. The molecule has 0 saturated heterocycles. The van der Waals surface area contributed by atoms with E-state index in [9.17, 15) is 4.79 Å². The summed E-state index contributed by atoms with van der Waals surface area (Å²) in [5.74, 6) is -0.0760. The molecule has 0 aromatic carbocycles. The highest BCUT2D eigenvalue weighted by atomic mass is 16.4. The number of rotatable bonds is 10. The molecule has 0 spiro atoms. The molecule has 4 N–H and O–H groups in total. The zero-order chi connectivity index (χ0) is 16.5. The van der Waals surface area contributed by atoms with E-state index >= 15 is 0 Å². The van der Waals surface area contributed by atoms with Crippen molar-refractivity contribution < 1.29 is 10.0 Å². The minimum absolute atomic E-state index is 0.0286. The lowest BCUT2D eigenvalue weighted by Crippen LogP contribution is -2.57. The molecule has 0 unspecified atom stereocenters. The first-order valence-electron chi connectivity index (χ1n) is 8.22. The molecular weight excluding hydrogens is 266 g/mol. The standard InChI is InChI=1S/C16H33N3O2/c1-6-11-16(12-7-2,13(17)19-21)14(20)18-15(8-3,9-4)10-5/h21H,6-12H2,1-5H3,(H2,17,19)(H,18,20). The summed E-state index contributed by atoms with van der Waals surface area (Å²) in [6, 6.07) is 0. The van der Waals surface area contributed by atoms with Gasteiger partial charge in [-0.15, -0.1) is 0 Å². The Balaban J connectivity index is 5.56. The molecule has 5 heteroatoms. The second-order valence-corrected chi connectivity index (χ2v) is 5.86. The van der Waals surface area contributed by atoms with Crippen LogP contribution in [0.15, 0.2) is 5.16 Å². The lowest BCUT2D eigenvalue weighted by atomic mass is 9.76. The van der Waals surface area contributed by atoms with Crippen LogP contribution in [-0.4, -0.2) is 22.5 Å². The number of oxime groups is 1. The van der Waals surface area contributed by atoms with Gasteiger partial charge in [0.15, 0.2) is 5.84 Å². The molecule has 0 aliphatic rings. The topological polar surface area (TPSA) is 87.7 Å². The predicted molar refractivity (Wildman–Crippen MR) is 87.4 cm³/mol. The van der Waals surface area contributed by atoms with Gasteiger partial charge in [0.1, 0.15) is 5.41 Å². The van der Waals surface area contributed by atoms with E-state index in [1.54, 1.807) is 0 Å². The average molecular weight is 299 g/mol. The lowest BCUT2D eigenvalue weighted by molar-refractivity contribution is -0.130. The highest BCUT2D eigenvalue weighted by Crippen LogP contribution is 2.32. The van der Waals surface area contributed by atoms with Gasteiger partial charge in [-0.3, -0.25) is 4.79 Å². The monoisotopic (exact) mass is 299 g/mol. The van der Waals surface area contributed by atoms with Crippen molar-refractivity contribution in [3.05, 3.63) is 0 Å². The van der Waals surface area contributed by atoms with Gasteiger partial charge in [-0.05, 0) is 32.1 Å². The van der Waals surface area contributed by atoms with Crippen molar-refractivity contribution in [2.45, 2.75) is 85.1 Å². The summed E-state index contributed by atoms with van der Waals surface area (Å²) in [6.45, 7) is 10.3. The molecule has 0 aliphatic carbocycles. The van der Waals surface area contributed by atoms with Crippen molar-refractivity contribution in [1.29, 1.82) is 0 Å². The second kappa shape index (κ2) is 8.90. The summed E-state index contributed by atoms with van der Waals surface area (Å²) in [5.41, 5.74) is 4.80. The third-order valence-corrected chi connectivity index (χ3v) is 4.80. The van der Waals surface area contributed by atoms with Gasteiger partial charge in [0, 0.05) is 5.54 Å². The summed E-state index contributed by atoms with van der Waals surface area (Å²) in [6.07, 6.45) is 5.41. The Hall–Kier alpha value is -1.26. The molecule has 0 aliphatic heterocycles. The van der Waals surface area contributed by atoms with Crippen LogP contribution in [0.4, 0.5) is 0 Å². The van der Waals surface area contributed by atoms with Crippen LogP contribution in [0.25, 0.3) is 0 Å². The molecule has 0 heterocycles. The van der Waals surface area contributed by atoms with E-state index in [4.69, 9.17) is 10.9 Å². The highest BCUT2D eigenvalue weighted by molar-refractivity contribution is 6.07. The van der Waals surface area contributed by atoms with Crippen LogP contribution < -0.4 is 11.1 Å². The molecule has 0 aromatic heterocycles. The summed E-state index contributed by atoms with van der Waals surface area (Å²) in [7, 11) is 0. The fraction of sp³-hybridized carbons (Fsp3) is 0.875. The summed E-state index contributed by atoms with van der Waals surface area (Å²) >= 11 is 0. The van der Waals surface area contributed by atoms with E-state index in [-0.39, 0.29) is 17.3 Å². The van der Waals surface area contributed by atoms with Crippen LogP contribution in [0.1, 0.15) is 79.6 Å². The number of nitrogens with one attached hydrogen (secondary N) is 1. The molecule has 0 aromatic rings.